The molecule has 0 atom stereocenters. The first-order valence-electron chi connectivity index (χ1n) is 6.68. The third-order valence-corrected chi connectivity index (χ3v) is 3.03. The number of benzene rings is 2. The molecule has 0 fully saturated rings. The first-order chi connectivity index (χ1) is 9.62. The molecule has 0 unspecified atom stereocenters. The molecule has 0 spiro atoms. The van der Waals surface area contributed by atoms with Gasteiger partial charge in [-0.2, -0.15) is 0 Å². The maximum absolute atomic E-state index is 5.82. The predicted octanol–water partition coefficient (Wildman–Crippen LogP) is 4.03. The molecule has 0 aliphatic carbocycles. The van der Waals surface area contributed by atoms with Crippen molar-refractivity contribution in [3.8, 4) is 11.5 Å². The zero-order valence-corrected chi connectivity index (χ0v) is 11.7. The molecule has 0 aromatic heterocycles. The topological polar surface area (TPSA) is 30.8 Å². The Labute approximate surface area is 118 Å². The van der Waals surface area contributed by atoms with E-state index in [4.69, 9.17) is 9.47 Å². The van der Waals surface area contributed by atoms with Crippen molar-refractivity contribution in [1.29, 1.82) is 0 Å². The van der Waals surface area contributed by atoms with Gasteiger partial charge in [0.1, 0.15) is 18.1 Å². The van der Waals surface area contributed by atoms with Gasteiger partial charge in [-0.25, -0.2) is 4.99 Å². The molecule has 0 saturated carbocycles. The summed E-state index contributed by atoms with van der Waals surface area (Å²) in [5, 5.41) is 0. The van der Waals surface area contributed by atoms with E-state index in [9.17, 15) is 0 Å². The van der Waals surface area contributed by atoms with Crippen molar-refractivity contribution >= 4 is 5.90 Å². The summed E-state index contributed by atoms with van der Waals surface area (Å²) in [5.41, 5.74) is 0.801. The monoisotopic (exact) mass is 267 g/mol. The largest absolute Gasteiger partial charge is 0.475 e. The number of hydrogen-bond donors (Lipinski definition) is 0. The van der Waals surface area contributed by atoms with Crippen LogP contribution in [0.25, 0.3) is 0 Å². The average Bonchev–Trinajstić information content (AvgIpc) is 2.81. The van der Waals surface area contributed by atoms with E-state index in [1.165, 1.54) is 0 Å². The first kappa shape index (κ1) is 12.7. The van der Waals surface area contributed by atoms with Crippen molar-refractivity contribution in [3.63, 3.8) is 0 Å². The second-order valence-corrected chi connectivity index (χ2v) is 5.46. The molecule has 2 aromatic carbocycles. The molecule has 0 amide bonds. The highest BCUT2D eigenvalue weighted by Gasteiger charge is 2.27. The fourth-order valence-corrected chi connectivity index (χ4v) is 2.05. The molecule has 3 heteroatoms. The van der Waals surface area contributed by atoms with Crippen LogP contribution in [0.2, 0.25) is 0 Å². The molecule has 2 aromatic rings. The highest BCUT2D eigenvalue weighted by atomic mass is 16.5. The summed E-state index contributed by atoms with van der Waals surface area (Å²) in [6.45, 7) is 4.74. The van der Waals surface area contributed by atoms with Crippen LogP contribution in [0.3, 0.4) is 0 Å². The molecule has 3 rings (SSSR count). The summed E-state index contributed by atoms with van der Waals surface area (Å²) in [4.78, 5) is 4.58. The van der Waals surface area contributed by atoms with Crippen LogP contribution in [-0.4, -0.2) is 18.0 Å². The van der Waals surface area contributed by atoms with E-state index in [0.717, 1.165) is 17.1 Å². The fourth-order valence-electron chi connectivity index (χ4n) is 2.05. The van der Waals surface area contributed by atoms with E-state index >= 15 is 0 Å². The third-order valence-electron chi connectivity index (χ3n) is 3.03. The Morgan fingerprint density at radius 1 is 1.00 bits per heavy atom. The van der Waals surface area contributed by atoms with Crippen LogP contribution >= 0.6 is 0 Å². The molecule has 0 bridgehead atoms. The van der Waals surface area contributed by atoms with Gasteiger partial charge in [0, 0.05) is 5.56 Å². The van der Waals surface area contributed by atoms with Crippen LogP contribution in [0.1, 0.15) is 19.4 Å². The predicted molar refractivity (Wildman–Crippen MR) is 79.5 cm³/mol. The van der Waals surface area contributed by atoms with Crippen molar-refractivity contribution in [3.05, 3.63) is 60.2 Å². The number of para-hydroxylation sites is 1. The first-order valence-corrected chi connectivity index (χ1v) is 6.68. The van der Waals surface area contributed by atoms with Gasteiger partial charge in [0.15, 0.2) is 0 Å². The molecule has 1 heterocycles. The summed E-state index contributed by atoms with van der Waals surface area (Å²) in [6, 6.07) is 17.5. The Balaban J connectivity index is 1.84. The lowest BCUT2D eigenvalue weighted by Crippen LogP contribution is -2.17. The van der Waals surface area contributed by atoms with E-state index in [-0.39, 0.29) is 5.54 Å². The molecule has 0 saturated heterocycles. The van der Waals surface area contributed by atoms with Crippen LogP contribution in [-0.2, 0) is 4.74 Å². The second kappa shape index (κ2) is 5.00. The number of nitrogens with zero attached hydrogens (tertiary/aromatic N) is 1. The summed E-state index contributed by atoms with van der Waals surface area (Å²) < 4.78 is 11.5. The highest BCUT2D eigenvalue weighted by molar-refractivity contribution is 5.95. The Kier molecular flexibility index (Phi) is 3.18. The number of ether oxygens (including phenoxy) is 2. The minimum atomic E-state index is -0.147. The lowest BCUT2D eigenvalue weighted by Gasteiger charge is -2.07. The van der Waals surface area contributed by atoms with E-state index in [0.29, 0.717) is 12.5 Å². The quantitative estimate of drug-likeness (QED) is 0.840. The average molecular weight is 267 g/mol. The maximum Gasteiger partial charge on any atom is 0.216 e. The minimum Gasteiger partial charge on any atom is -0.475 e. The molecule has 1 aliphatic rings. The van der Waals surface area contributed by atoms with Crippen LogP contribution in [0.15, 0.2) is 59.6 Å². The zero-order valence-electron chi connectivity index (χ0n) is 11.7. The second-order valence-electron chi connectivity index (χ2n) is 5.46. The van der Waals surface area contributed by atoms with Crippen LogP contribution < -0.4 is 4.74 Å². The van der Waals surface area contributed by atoms with Gasteiger partial charge in [0.25, 0.3) is 0 Å². The number of aliphatic imine (C=N–C) groups is 1. The normalized spacial score (nSPS) is 16.4. The molecule has 20 heavy (non-hydrogen) atoms. The van der Waals surface area contributed by atoms with Crippen molar-refractivity contribution in [2.45, 2.75) is 19.4 Å². The van der Waals surface area contributed by atoms with E-state index in [1.54, 1.807) is 0 Å². The van der Waals surface area contributed by atoms with Gasteiger partial charge in [-0.15, -0.1) is 0 Å². The summed E-state index contributed by atoms with van der Waals surface area (Å²) in [5.74, 6) is 2.29. The van der Waals surface area contributed by atoms with Gasteiger partial charge in [0.2, 0.25) is 5.90 Å². The summed E-state index contributed by atoms with van der Waals surface area (Å²) in [6.07, 6.45) is 0. The fraction of sp³-hybridized carbons (Fsp3) is 0.235. The zero-order chi connectivity index (χ0) is 14.0. The van der Waals surface area contributed by atoms with E-state index in [1.807, 2.05) is 54.6 Å². The Morgan fingerprint density at radius 2 is 1.75 bits per heavy atom. The van der Waals surface area contributed by atoms with Gasteiger partial charge in [-0.3, -0.25) is 0 Å². The third kappa shape index (κ3) is 2.82. The number of hydrogen-bond acceptors (Lipinski definition) is 3. The van der Waals surface area contributed by atoms with Gasteiger partial charge in [0.05, 0.1) is 5.54 Å². The van der Waals surface area contributed by atoms with Crippen molar-refractivity contribution in [2.75, 3.05) is 6.61 Å². The SMILES string of the molecule is CC1(C)COC(c2cccc(Oc3ccccc3)c2)=N1. The van der Waals surface area contributed by atoms with Gasteiger partial charge in [-0.1, -0.05) is 24.3 Å². The molecule has 3 nitrogen and oxygen atoms in total. The standard InChI is InChI=1S/C17H17NO2/c1-17(2)12-19-16(18-17)13-7-6-10-15(11-13)20-14-8-4-3-5-9-14/h3-11H,12H2,1-2H3. The van der Waals surface area contributed by atoms with Crippen LogP contribution in [0.5, 0.6) is 11.5 Å². The van der Waals surface area contributed by atoms with E-state index in [2.05, 4.69) is 18.8 Å². The molecular formula is C17H17NO2. The van der Waals surface area contributed by atoms with Gasteiger partial charge >= 0.3 is 0 Å². The minimum absolute atomic E-state index is 0.147. The van der Waals surface area contributed by atoms with Crippen LogP contribution in [0.4, 0.5) is 0 Å². The van der Waals surface area contributed by atoms with Crippen molar-refractivity contribution < 1.29 is 9.47 Å². The Bertz CT molecular complexity index is 632. The summed E-state index contributed by atoms with van der Waals surface area (Å²) >= 11 is 0. The molecule has 102 valence electrons. The number of rotatable bonds is 3. The van der Waals surface area contributed by atoms with Crippen molar-refractivity contribution in [1.82, 2.24) is 0 Å². The van der Waals surface area contributed by atoms with Crippen molar-refractivity contribution in [2.24, 2.45) is 4.99 Å². The summed E-state index contributed by atoms with van der Waals surface area (Å²) in [7, 11) is 0. The lowest BCUT2D eigenvalue weighted by molar-refractivity contribution is 0.279. The highest BCUT2D eigenvalue weighted by Crippen LogP contribution is 2.25. The Morgan fingerprint density at radius 3 is 2.45 bits per heavy atom. The van der Waals surface area contributed by atoms with Gasteiger partial charge < -0.3 is 9.47 Å². The maximum atomic E-state index is 5.82. The molecule has 0 N–H and O–H groups in total. The molecule has 0 radical (unpaired) electrons. The smallest absolute Gasteiger partial charge is 0.216 e. The van der Waals surface area contributed by atoms with Crippen LogP contribution in [0, 0.1) is 0 Å². The van der Waals surface area contributed by atoms with E-state index < -0.39 is 0 Å². The Hall–Kier alpha value is -2.29. The molecule has 1 aliphatic heterocycles. The van der Waals surface area contributed by atoms with Gasteiger partial charge in [-0.05, 0) is 44.2 Å². The molecular weight excluding hydrogens is 250 g/mol. The lowest BCUT2D eigenvalue weighted by atomic mass is 10.1.